The van der Waals surface area contributed by atoms with Gasteiger partial charge in [0.25, 0.3) is 15.9 Å². The van der Waals surface area contributed by atoms with Gasteiger partial charge in [-0.25, -0.2) is 13.8 Å². The van der Waals surface area contributed by atoms with Gasteiger partial charge in [-0.2, -0.15) is 5.10 Å². The Bertz CT molecular complexity index is 1660. The van der Waals surface area contributed by atoms with Crippen LogP contribution in [0.2, 0.25) is 5.02 Å². The van der Waals surface area contributed by atoms with Gasteiger partial charge in [0.1, 0.15) is 12.3 Å². The lowest BCUT2D eigenvalue weighted by atomic mass is 10.1. The molecule has 0 saturated heterocycles. The van der Waals surface area contributed by atoms with Crippen LogP contribution in [-0.2, 0) is 14.8 Å². The number of nitrogens with zero attached hydrogens (tertiary/aromatic N) is 3. The first-order valence-electron chi connectivity index (χ1n) is 12.5. The summed E-state index contributed by atoms with van der Waals surface area (Å²) in [4.78, 5) is 12.9. The molecule has 10 heteroatoms. The van der Waals surface area contributed by atoms with Gasteiger partial charge in [0, 0.05) is 27.7 Å². The van der Waals surface area contributed by atoms with E-state index in [1.54, 1.807) is 36.5 Å². The predicted molar refractivity (Wildman–Crippen MR) is 159 cm³/mol. The van der Waals surface area contributed by atoms with Gasteiger partial charge in [0.05, 0.1) is 23.9 Å². The summed E-state index contributed by atoms with van der Waals surface area (Å²) in [7, 11) is -2.62. The Labute approximate surface area is 239 Å². The lowest BCUT2D eigenvalue weighted by Gasteiger charge is -2.24. The maximum Gasteiger partial charge on any atom is 0.264 e. The highest BCUT2D eigenvalue weighted by atomic mass is 35.5. The van der Waals surface area contributed by atoms with Crippen LogP contribution in [0.1, 0.15) is 28.1 Å². The van der Waals surface area contributed by atoms with Crippen LogP contribution in [0.25, 0.3) is 5.69 Å². The summed E-state index contributed by atoms with van der Waals surface area (Å²) in [6.45, 7) is 7.60. The van der Waals surface area contributed by atoms with Crippen LogP contribution < -0.4 is 14.5 Å². The number of aryl methyl sites for hydroxylation is 3. The number of ether oxygens (including phenoxy) is 1. The molecule has 0 bridgehead atoms. The Kier molecular flexibility index (Phi) is 8.66. The molecule has 0 radical (unpaired) electrons. The zero-order chi connectivity index (χ0) is 29.0. The number of methoxy groups -OCH3 is 1. The molecule has 0 saturated carbocycles. The first kappa shape index (κ1) is 28.9. The highest BCUT2D eigenvalue weighted by Gasteiger charge is 2.27. The monoisotopic (exact) mass is 578 g/mol. The molecule has 1 amide bonds. The second-order valence-electron chi connectivity index (χ2n) is 9.47. The molecule has 0 aliphatic rings. The van der Waals surface area contributed by atoms with E-state index in [0.29, 0.717) is 10.8 Å². The maximum absolute atomic E-state index is 13.6. The fraction of sp³-hybridized carbons (Fsp3) is 0.200. The van der Waals surface area contributed by atoms with Gasteiger partial charge in [-0.15, -0.1) is 0 Å². The summed E-state index contributed by atoms with van der Waals surface area (Å²) in [5, 5.41) is 4.46. The van der Waals surface area contributed by atoms with Crippen LogP contribution >= 0.6 is 11.6 Å². The molecule has 1 aromatic heterocycles. The molecule has 0 aliphatic heterocycles. The number of benzene rings is 3. The zero-order valence-electron chi connectivity index (χ0n) is 23.0. The van der Waals surface area contributed by atoms with Crippen molar-refractivity contribution in [1.29, 1.82) is 0 Å². The Balaban J connectivity index is 1.56. The smallest absolute Gasteiger partial charge is 0.264 e. The third-order valence-corrected chi connectivity index (χ3v) is 8.38. The number of hydrogen-bond donors (Lipinski definition) is 1. The molecule has 0 aliphatic carbocycles. The minimum Gasteiger partial charge on any atom is -0.497 e. The first-order valence-corrected chi connectivity index (χ1v) is 14.3. The molecule has 1 heterocycles. The summed E-state index contributed by atoms with van der Waals surface area (Å²) in [6, 6.07) is 20.6. The number of carbonyl (C=O) groups is 1. The third kappa shape index (κ3) is 6.38. The Morgan fingerprint density at radius 3 is 2.30 bits per heavy atom. The quantitative estimate of drug-likeness (QED) is 0.203. The van der Waals surface area contributed by atoms with Crippen molar-refractivity contribution in [3.8, 4) is 11.4 Å². The van der Waals surface area contributed by atoms with Crippen LogP contribution in [0, 0.1) is 27.7 Å². The maximum atomic E-state index is 13.6. The predicted octanol–water partition coefficient (Wildman–Crippen LogP) is 5.72. The van der Waals surface area contributed by atoms with Crippen molar-refractivity contribution >= 4 is 39.4 Å². The van der Waals surface area contributed by atoms with E-state index in [-0.39, 0.29) is 10.6 Å². The van der Waals surface area contributed by atoms with E-state index in [1.165, 1.54) is 36.4 Å². The number of nitrogens with one attached hydrogen (secondary N) is 1. The lowest BCUT2D eigenvalue weighted by Crippen LogP contribution is -2.39. The topological polar surface area (TPSA) is 93.0 Å². The van der Waals surface area contributed by atoms with Crippen LogP contribution in [0.3, 0.4) is 0 Å². The van der Waals surface area contributed by atoms with E-state index in [1.807, 2.05) is 19.9 Å². The molecular formula is C30H31ClN4O4S. The highest BCUT2D eigenvalue weighted by molar-refractivity contribution is 7.92. The summed E-state index contributed by atoms with van der Waals surface area (Å²) in [6.07, 6.45) is 1.56. The largest absolute Gasteiger partial charge is 0.497 e. The summed E-state index contributed by atoms with van der Waals surface area (Å²) < 4.78 is 35.4. The van der Waals surface area contributed by atoms with Crippen molar-refractivity contribution in [3.63, 3.8) is 0 Å². The van der Waals surface area contributed by atoms with Gasteiger partial charge in [-0.3, -0.25) is 9.10 Å². The molecule has 0 spiro atoms. The minimum absolute atomic E-state index is 0.00315. The molecule has 8 nitrogen and oxygen atoms in total. The fourth-order valence-corrected chi connectivity index (χ4v) is 6.15. The molecule has 0 atom stereocenters. The second kappa shape index (κ2) is 12.0. The lowest BCUT2D eigenvalue weighted by molar-refractivity contribution is -0.119. The second-order valence-corrected chi connectivity index (χ2v) is 11.8. The van der Waals surface area contributed by atoms with Gasteiger partial charge in [-0.05, 0) is 99.5 Å². The fourth-order valence-electron chi connectivity index (χ4n) is 4.56. The van der Waals surface area contributed by atoms with Crippen molar-refractivity contribution in [3.05, 3.63) is 106 Å². The Morgan fingerprint density at radius 2 is 1.68 bits per heavy atom. The Hall–Kier alpha value is -4.08. The number of amides is 1. The van der Waals surface area contributed by atoms with Crippen LogP contribution in [0.5, 0.6) is 5.75 Å². The molecule has 0 unspecified atom stereocenters. The molecule has 4 rings (SSSR count). The van der Waals surface area contributed by atoms with Crippen LogP contribution in [-0.4, -0.2) is 38.8 Å². The van der Waals surface area contributed by atoms with Crippen LogP contribution in [0.4, 0.5) is 5.69 Å². The molecule has 0 fully saturated rings. The van der Waals surface area contributed by atoms with E-state index in [4.69, 9.17) is 16.3 Å². The van der Waals surface area contributed by atoms with Gasteiger partial charge >= 0.3 is 0 Å². The minimum atomic E-state index is -4.11. The van der Waals surface area contributed by atoms with Crippen molar-refractivity contribution in [2.75, 3.05) is 18.0 Å². The Morgan fingerprint density at radius 1 is 1.00 bits per heavy atom. The van der Waals surface area contributed by atoms with Crippen LogP contribution in [0.15, 0.2) is 82.8 Å². The molecule has 1 N–H and O–H groups in total. The number of sulfonamides is 1. The molecule has 4 aromatic rings. The summed E-state index contributed by atoms with van der Waals surface area (Å²) in [5.41, 5.74) is 8.91. The highest BCUT2D eigenvalue weighted by Crippen LogP contribution is 2.27. The van der Waals surface area contributed by atoms with Gasteiger partial charge in [-0.1, -0.05) is 23.7 Å². The summed E-state index contributed by atoms with van der Waals surface area (Å²) >= 11 is 6.14. The molecular weight excluding hydrogens is 548 g/mol. The number of hydrogen-bond acceptors (Lipinski definition) is 5. The van der Waals surface area contributed by atoms with Crippen molar-refractivity contribution in [1.82, 2.24) is 9.99 Å². The number of anilines is 1. The van der Waals surface area contributed by atoms with Crippen molar-refractivity contribution in [2.45, 2.75) is 32.6 Å². The number of aromatic nitrogens is 1. The summed E-state index contributed by atoms with van der Waals surface area (Å²) in [5.74, 6) is -0.103. The number of rotatable bonds is 9. The first-order chi connectivity index (χ1) is 19.0. The number of hydrazone groups is 1. The van der Waals surface area contributed by atoms with E-state index in [9.17, 15) is 13.2 Å². The molecule has 208 valence electrons. The molecule has 3 aromatic carbocycles. The average molecular weight is 579 g/mol. The van der Waals surface area contributed by atoms with E-state index >= 15 is 0 Å². The average Bonchev–Trinajstić information content (AvgIpc) is 3.19. The number of carbonyl (C=O) groups excluding carboxylic acids is 1. The van der Waals surface area contributed by atoms with Gasteiger partial charge in [0.15, 0.2) is 0 Å². The third-order valence-electron chi connectivity index (χ3n) is 6.36. The van der Waals surface area contributed by atoms with E-state index in [2.05, 4.69) is 47.1 Å². The van der Waals surface area contributed by atoms with Crippen molar-refractivity contribution in [2.24, 2.45) is 5.10 Å². The number of halogens is 1. The zero-order valence-corrected chi connectivity index (χ0v) is 24.5. The van der Waals surface area contributed by atoms with E-state index in [0.717, 1.165) is 26.9 Å². The van der Waals surface area contributed by atoms with Gasteiger partial charge in [0.2, 0.25) is 0 Å². The van der Waals surface area contributed by atoms with Gasteiger partial charge < -0.3 is 9.30 Å². The standard InChI is InChI=1S/C30H31ClN4O4S/c1-20-13-21(2)15-27(14-20)35-22(3)16-24(23(35)4)18-32-33-30(36)19-34(26-8-6-7-25(31)17-26)40(37,38)29-11-9-28(39-5)10-12-29/h6-18H,19H2,1-5H3,(H,33,36)/b32-18-. The SMILES string of the molecule is COc1ccc(S(=O)(=O)N(CC(=O)N/N=C\c2cc(C)n(-c3cc(C)cc(C)c3)c2C)c2cccc(Cl)c2)cc1. The normalized spacial score (nSPS) is 11.6. The van der Waals surface area contributed by atoms with Crippen molar-refractivity contribution < 1.29 is 17.9 Å². The molecule has 40 heavy (non-hydrogen) atoms. The van der Waals surface area contributed by atoms with E-state index < -0.39 is 22.5 Å².